The number of nitriles is 1. The van der Waals surface area contributed by atoms with Gasteiger partial charge in [-0.15, -0.1) is 0 Å². The predicted molar refractivity (Wildman–Crippen MR) is 82.8 cm³/mol. The molecule has 114 valence electrons. The molecule has 1 aromatic rings. The molecule has 0 aliphatic carbocycles. The third-order valence-corrected chi connectivity index (χ3v) is 3.20. The molecule has 21 heavy (non-hydrogen) atoms. The topological polar surface area (TPSA) is 76.4 Å². The van der Waals surface area contributed by atoms with E-state index in [9.17, 15) is 4.79 Å². The van der Waals surface area contributed by atoms with Crippen LogP contribution in [0.15, 0.2) is 24.3 Å². The molecule has 2 N–H and O–H groups in total. The number of aliphatic hydroxyl groups is 1. The smallest absolute Gasteiger partial charge is 0.238 e. The summed E-state index contributed by atoms with van der Waals surface area (Å²) in [6.07, 6.45) is 1.03. The summed E-state index contributed by atoms with van der Waals surface area (Å²) in [5, 5.41) is 20.3. The number of carbonyl (C=O) groups excluding carboxylic acids is 1. The summed E-state index contributed by atoms with van der Waals surface area (Å²) in [4.78, 5) is 14.1. The van der Waals surface area contributed by atoms with Gasteiger partial charge in [-0.1, -0.05) is 12.1 Å². The average molecular weight is 289 g/mol. The first-order chi connectivity index (χ1) is 10.1. The SMILES string of the molecule is CC(C)N(CCCO)CC(=O)Nc1ccc(CC#N)cc1. The van der Waals surface area contributed by atoms with Gasteiger partial charge in [0.25, 0.3) is 0 Å². The molecule has 1 rings (SSSR count). The molecule has 0 aromatic heterocycles. The van der Waals surface area contributed by atoms with Crippen LogP contribution in [0.2, 0.25) is 0 Å². The first-order valence-electron chi connectivity index (χ1n) is 7.17. The molecular weight excluding hydrogens is 266 g/mol. The molecule has 0 saturated heterocycles. The number of anilines is 1. The maximum absolute atomic E-state index is 12.0. The van der Waals surface area contributed by atoms with E-state index >= 15 is 0 Å². The lowest BCUT2D eigenvalue weighted by molar-refractivity contribution is -0.117. The van der Waals surface area contributed by atoms with Crippen molar-refractivity contribution in [2.75, 3.05) is 25.0 Å². The first-order valence-corrected chi connectivity index (χ1v) is 7.17. The molecule has 1 aromatic carbocycles. The summed E-state index contributed by atoms with van der Waals surface area (Å²) in [6.45, 7) is 5.19. The number of carbonyl (C=O) groups is 1. The molecule has 0 bridgehead atoms. The van der Waals surface area contributed by atoms with E-state index in [-0.39, 0.29) is 18.6 Å². The van der Waals surface area contributed by atoms with Gasteiger partial charge in [0, 0.05) is 24.9 Å². The van der Waals surface area contributed by atoms with Gasteiger partial charge in [0.15, 0.2) is 0 Å². The zero-order valence-electron chi connectivity index (χ0n) is 12.7. The second-order valence-corrected chi connectivity index (χ2v) is 5.22. The van der Waals surface area contributed by atoms with E-state index in [1.807, 2.05) is 30.9 Å². The number of nitrogens with zero attached hydrogens (tertiary/aromatic N) is 2. The molecule has 1 amide bonds. The summed E-state index contributed by atoms with van der Waals surface area (Å²) in [5.41, 5.74) is 1.66. The average Bonchev–Trinajstić information content (AvgIpc) is 2.45. The third-order valence-electron chi connectivity index (χ3n) is 3.20. The van der Waals surface area contributed by atoms with Crippen LogP contribution in [0.1, 0.15) is 25.8 Å². The Morgan fingerprint density at radius 1 is 1.38 bits per heavy atom. The van der Waals surface area contributed by atoms with Crippen LogP contribution in [-0.2, 0) is 11.2 Å². The van der Waals surface area contributed by atoms with Gasteiger partial charge in [0.2, 0.25) is 5.91 Å². The summed E-state index contributed by atoms with van der Waals surface area (Å²) < 4.78 is 0. The molecule has 5 heteroatoms. The Labute approximate surface area is 126 Å². The Morgan fingerprint density at radius 2 is 2.05 bits per heavy atom. The quantitative estimate of drug-likeness (QED) is 0.765. The van der Waals surface area contributed by atoms with Crippen LogP contribution < -0.4 is 5.32 Å². The first kappa shape index (κ1) is 17.2. The molecule has 0 spiro atoms. The Morgan fingerprint density at radius 3 is 2.57 bits per heavy atom. The van der Waals surface area contributed by atoms with Crippen molar-refractivity contribution in [3.05, 3.63) is 29.8 Å². The van der Waals surface area contributed by atoms with Crippen LogP contribution in [0.25, 0.3) is 0 Å². The molecule has 5 nitrogen and oxygen atoms in total. The third kappa shape index (κ3) is 6.39. The number of aliphatic hydroxyl groups excluding tert-OH is 1. The van der Waals surface area contributed by atoms with Crippen molar-refractivity contribution in [3.63, 3.8) is 0 Å². The highest BCUT2D eigenvalue weighted by molar-refractivity contribution is 5.92. The highest BCUT2D eigenvalue weighted by Gasteiger charge is 2.13. The molecular formula is C16H23N3O2. The summed E-state index contributed by atoms with van der Waals surface area (Å²) in [6, 6.07) is 9.62. The molecule has 0 saturated carbocycles. The van der Waals surface area contributed by atoms with E-state index in [1.54, 1.807) is 12.1 Å². The van der Waals surface area contributed by atoms with Crippen LogP contribution in [0.4, 0.5) is 5.69 Å². The summed E-state index contributed by atoms with van der Waals surface area (Å²) in [7, 11) is 0. The fourth-order valence-electron chi connectivity index (χ4n) is 1.98. The second-order valence-electron chi connectivity index (χ2n) is 5.22. The highest BCUT2D eigenvalue weighted by Crippen LogP contribution is 2.10. The summed E-state index contributed by atoms with van der Waals surface area (Å²) >= 11 is 0. The second kappa shape index (κ2) is 9.11. The van der Waals surface area contributed by atoms with Crippen molar-refractivity contribution >= 4 is 11.6 Å². The van der Waals surface area contributed by atoms with E-state index < -0.39 is 0 Å². The lowest BCUT2D eigenvalue weighted by atomic mass is 10.1. The zero-order chi connectivity index (χ0) is 15.7. The van der Waals surface area contributed by atoms with Crippen LogP contribution >= 0.6 is 0 Å². The molecule has 0 unspecified atom stereocenters. The largest absolute Gasteiger partial charge is 0.396 e. The minimum atomic E-state index is -0.0744. The lowest BCUT2D eigenvalue weighted by Crippen LogP contribution is -2.38. The van der Waals surface area contributed by atoms with Crippen molar-refractivity contribution in [1.29, 1.82) is 5.26 Å². The van der Waals surface area contributed by atoms with Crippen molar-refractivity contribution in [3.8, 4) is 6.07 Å². The van der Waals surface area contributed by atoms with E-state index in [4.69, 9.17) is 10.4 Å². The molecule has 0 atom stereocenters. The number of hydrogen-bond acceptors (Lipinski definition) is 4. The van der Waals surface area contributed by atoms with E-state index in [0.29, 0.717) is 25.9 Å². The van der Waals surface area contributed by atoms with E-state index in [1.165, 1.54) is 0 Å². The fraction of sp³-hybridized carbons (Fsp3) is 0.500. The maximum Gasteiger partial charge on any atom is 0.238 e. The van der Waals surface area contributed by atoms with Crippen LogP contribution in [0, 0.1) is 11.3 Å². The van der Waals surface area contributed by atoms with Crippen molar-refractivity contribution in [2.45, 2.75) is 32.7 Å². The minimum absolute atomic E-state index is 0.0744. The van der Waals surface area contributed by atoms with E-state index in [2.05, 4.69) is 11.4 Å². The maximum atomic E-state index is 12.0. The van der Waals surface area contributed by atoms with Gasteiger partial charge in [-0.2, -0.15) is 5.26 Å². The van der Waals surface area contributed by atoms with Gasteiger partial charge in [-0.25, -0.2) is 0 Å². The number of benzene rings is 1. The normalized spacial score (nSPS) is 10.7. The Kier molecular flexibility index (Phi) is 7.44. The Bertz CT molecular complexity index is 477. The Hall–Kier alpha value is -1.90. The number of rotatable bonds is 8. The van der Waals surface area contributed by atoms with Crippen LogP contribution in [0.3, 0.4) is 0 Å². The van der Waals surface area contributed by atoms with Crippen molar-refractivity contribution < 1.29 is 9.90 Å². The number of nitrogens with one attached hydrogen (secondary N) is 1. The summed E-state index contributed by atoms with van der Waals surface area (Å²) in [5.74, 6) is -0.0744. The van der Waals surface area contributed by atoms with Gasteiger partial charge in [-0.05, 0) is 38.0 Å². The van der Waals surface area contributed by atoms with Gasteiger partial charge < -0.3 is 10.4 Å². The molecule has 0 heterocycles. The van der Waals surface area contributed by atoms with E-state index in [0.717, 1.165) is 11.3 Å². The predicted octanol–water partition coefficient (Wildman–Crippen LogP) is 1.78. The van der Waals surface area contributed by atoms with Crippen molar-refractivity contribution in [2.24, 2.45) is 0 Å². The molecule has 0 radical (unpaired) electrons. The monoisotopic (exact) mass is 289 g/mol. The van der Waals surface area contributed by atoms with Gasteiger partial charge in [0.05, 0.1) is 19.0 Å². The molecule has 0 aliphatic heterocycles. The highest BCUT2D eigenvalue weighted by atomic mass is 16.3. The number of hydrogen-bond donors (Lipinski definition) is 2. The fourth-order valence-corrected chi connectivity index (χ4v) is 1.98. The van der Waals surface area contributed by atoms with Gasteiger partial charge >= 0.3 is 0 Å². The van der Waals surface area contributed by atoms with Crippen molar-refractivity contribution in [1.82, 2.24) is 4.90 Å². The molecule has 0 aliphatic rings. The number of amides is 1. The van der Waals surface area contributed by atoms with Crippen LogP contribution in [0.5, 0.6) is 0 Å². The van der Waals surface area contributed by atoms with Gasteiger partial charge in [0.1, 0.15) is 0 Å². The molecule has 0 fully saturated rings. The Balaban J connectivity index is 2.53. The zero-order valence-corrected chi connectivity index (χ0v) is 12.7. The van der Waals surface area contributed by atoms with Crippen LogP contribution in [-0.4, -0.2) is 41.7 Å². The van der Waals surface area contributed by atoms with Gasteiger partial charge in [-0.3, -0.25) is 9.69 Å². The lowest BCUT2D eigenvalue weighted by Gasteiger charge is -2.25. The standard InChI is InChI=1S/C16H23N3O2/c1-13(2)19(10-3-11-20)12-16(21)18-15-6-4-14(5-7-15)8-9-17/h4-7,13,20H,3,8,10-12H2,1-2H3,(H,18,21). The minimum Gasteiger partial charge on any atom is -0.396 e.